The SMILES string of the molecule is CCO[N+]1([O-])CCP(Cc2ccccc2-c2cccc(-c3ccccc3)c2)CC1(CCCCN(C(=O)OC(C)(C)C)C(=O)OC(C)(C)C)C(=O)O. The normalized spacial score (nSPS) is 20.7. The van der Waals surface area contributed by atoms with Crippen LogP contribution in [0.15, 0.2) is 78.9 Å². The van der Waals surface area contributed by atoms with Crippen molar-refractivity contribution in [2.24, 2.45) is 0 Å². The third-order valence-corrected chi connectivity index (χ3v) is 11.3. The van der Waals surface area contributed by atoms with Gasteiger partial charge < -0.3 is 19.8 Å². The zero-order valence-corrected chi connectivity index (χ0v) is 31.9. The molecule has 2 amide bonds. The van der Waals surface area contributed by atoms with Gasteiger partial charge in [0.15, 0.2) is 0 Å². The molecule has 1 aliphatic rings. The van der Waals surface area contributed by atoms with E-state index in [1.54, 1.807) is 48.5 Å². The van der Waals surface area contributed by atoms with Crippen LogP contribution in [0.4, 0.5) is 9.59 Å². The lowest BCUT2D eigenvalue weighted by atomic mass is 9.93. The fraction of sp³-hybridized carbons (Fsp3) is 0.475. The minimum Gasteiger partial charge on any atom is -0.597 e. The summed E-state index contributed by atoms with van der Waals surface area (Å²) in [5, 5.41) is 25.1. The lowest BCUT2D eigenvalue weighted by Crippen LogP contribution is -2.69. The second kappa shape index (κ2) is 16.7. The molecule has 1 N–H and O–H groups in total. The molecule has 276 valence electrons. The van der Waals surface area contributed by atoms with E-state index in [1.807, 2.05) is 36.4 Å². The van der Waals surface area contributed by atoms with E-state index in [0.29, 0.717) is 12.3 Å². The first-order valence-electron chi connectivity index (χ1n) is 17.6. The highest BCUT2D eigenvalue weighted by atomic mass is 31.1. The molecular formula is C40H53N2O8P. The quantitative estimate of drug-likeness (QED) is 0.0849. The van der Waals surface area contributed by atoms with Gasteiger partial charge in [0.1, 0.15) is 24.4 Å². The lowest BCUT2D eigenvalue weighted by molar-refractivity contribution is -1.10. The summed E-state index contributed by atoms with van der Waals surface area (Å²) in [7, 11) is -0.916. The summed E-state index contributed by atoms with van der Waals surface area (Å²) in [6.45, 7) is 12.0. The number of amides is 2. The Hall–Kier alpha value is -3.82. The number of imide groups is 1. The number of aliphatic carboxylic acids is 1. The van der Waals surface area contributed by atoms with Gasteiger partial charge in [-0.05, 0) is 101 Å². The molecule has 0 bridgehead atoms. The molecule has 1 saturated heterocycles. The van der Waals surface area contributed by atoms with E-state index in [1.165, 1.54) is 0 Å². The standard InChI is InChI=1S/C40H53N2O8P/c1-8-48-42(47)25-26-51(28-33-19-12-13-22-34(33)32-21-16-20-31(27-32)30-17-10-9-11-18-30)29-40(42,35(43)44)23-14-15-24-41(36(45)49-38(2,3)4)37(46)50-39(5,6)7/h9-13,16-22,27H,8,14-15,23-26,28-29H2,1-7H3,(H,43,44). The number of ether oxygens (including phenoxy) is 2. The molecule has 3 unspecified atom stereocenters. The van der Waals surface area contributed by atoms with E-state index in [4.69, 9.17) is 14.3 Å². The van der Waals surface area contributed by atoms with Gasteiger partial charge in [0.05, 0.1) is 0 Å². The number of hydrogen-bond donors (Lipinski definition) is 1. The molecule has 1 fully saturated rings. The fourth-order valence-electron chi connectivity index (χ4n) is 6.40. The van der Waals surface area contributed by atoms with Gasteiger partial charge >= 0.3 is 18.2 Å². The molecule has 0 radical (unpaired) electrons. The van der Waals surface area contributed by atoms with Crippen LogP contribution in [0.25, 0.3) is 22.3 Å². The molecule has 0 saturated carbocycles. The van der Waals surface area contributed by atoms with Gasteiger partial charge in [0, 0.05) is 25.3 Å². The molecule has 1 aliphatic heterocycles. The fourth-order valence-corrected chi connectivity index (χ4v) is 9.38. The third-order valence-electron chi connectivity index (χ3n) is 8.73. The number of carbonyl (C=O) groups excluding carboxylic acids is 2. The van der Waals surface area contributed by atoms with Crippen LogP contribution in [-0.4, -0.2) is 81.7 Å². The number of carbonyl (C=O) groups is 3. The summed E-state index contributed by atoms with van der Waals surface area (Å²) in [6, 6.07) is 26.8. The predicted molar refractivity (Wildman–Crippen MR) is 201 cm³/mol. The van der Waals surface area contributed by atoms with E-state index in [0.717, 1.165) is 32.7 Å². The molecule has 3 aromatic rings. The molecule has 0 spiro atoms. The van der Waals surface area contributed by atoms with Crippen molar-refractivity contribution in [1.29, 1.82) is 0 Å². The van der Waals surface area contributed by atoms with Crippen molar-refractivity contribution < 1.29 is 38.6 Å². The molecule has 1 heterocycles. The molecule has 3 atom stereocenters. The van der Waals surface area contributed by atoms with Crippen molar-refractivity contribution in [3.05, 3.63) is 89.6 Å². The minimum atomic E-state index is -1.75. The average molecular weight is 721 g/mol. The summed E-state index contributed by atoms with van der Waals surface area (Å²) >= 11 is 0. The molecule has 4 rings (SSSR count). The highest BCUT2D eigenvalue weighted by Crippen LogP contribution is 2.53. The van der Waals surface area contributed by atoms with Crippen LogP contribution in [0.2, 0.25) is 0 Å². The molecule has 11 heteroatoms. The Kier molecular flexibility index (Phi) is 13.1. The minimum absolute atomic E-state index is 0.0158. The van der Waals surface area contributed by atoms with Crippen molar-refractivity contribution in [3.63, 3.8) is 0 Å². The Morgan fingerprint density at radius 2 is 1.43 bits per heavy atom. The Morgan fingerprint density at radius 1 is 0.843 bits per heavy atom. The third kappa shape index (κ3) is 10.4. The second-order valence-electron chi connectivity index (χ2n) is 15.0. The first-order chi connectivity index (χ1) is 24.0. The molecular weight excluding hydrogens is 667 g/mol. The van der Waals surface area contributed by atoms with Crippen LogP contribution in [0.3, 0.4) is 0 Å². The van der Waals surface area contributed by atoms with E-state index < -0.39 is 47.6 Å². The first-order valence-corrected chi connectivity index (χ1v) is 19.5. The second-order valence-corrected chi connectivity index (χ2v) is 17.5. The van der Waals surface area contributed by atoms with Gasteiger partial charge in [0.2, 0.25) is 5.54 Å². The lowest BCUT2D eigenvalue weighted by Gasteiger charge is -2.55. The number of carboxylic acids is 1. The number of rotatable bonds is 12. The topological polar surface area (TPSA) is 125 Å². The van der Waals surface area contributed by atoms with Crippen LogP contribution < -0.4 is 0 Å². The van der Waals surface area contributed by atoms with Gasteiger partial charge in [-0.15, -0.1) is 0 Å². The Morgan fingerprint density at radius 3 is 2.04 bits per heavy atom. The van der Waals surface area contributed by atoms with E-state index >= 15 is 0 Å². The smallest absolute Gasteiger partial charge is 0.419 e. The monoisotopic (exact) mass is 720 g/mol. The van der Waals surface area contributed by atoms with Crippen molar-refractivity contribution >= 4 is 26.1 Å². The summed E-state index contributed by atoms with van der Waals surface area (Å²) < 4.78 is 10.9. The summed E-state index contributed by atoms with van der Waals surface area (Å²) in [5.74, 6) is -1.20. The molecule has 51 heavy (non-hydrogen) atoms. The maximum atomic E-state index is 14.3. The van der Waals surface area contributed by atoms with Gasteiger partial charge in [-0.2, -0.15) is 4.81 Å². The molecule has 0 aromatic heterocycles. The van der Waals surface area contributed by atoms with E-state index in [9.17, 15) is 24.7 Å². The van der Waals surface area contributed by atoms with Gasteiger partial charge in [-0.25, -0.2) is 24.1 Å². The number of hydroxylamine groups is 4. The predicted octanol–water partition coefficient (Wildman–Crippen LogP) is 9.45. The van der Waals surface area contributed by atoms with Crippen molar-refractivity contribution in [1.82, 2.24) is 4.90 Å². The van der Waals surface area contributed by atoms with Gasteiger partial charge in [0.25, 0.3) is 0 Å². The van der Waals surface area contributed by atoms with E-state index in [2.05, 4.69) is 42.5 Å². The van der Waals surface area contributed by atoms with Crippen LogP contribution >= 0.6 is 7.92 Å². The number of unbranched alkanes of at least 4 members (excludes halogenated alkanes) is 1. The van der Waals surface area contributed by atoms with Crippen molar-refractivity contribution in [2.45, 2.75) is 90.6 Å². The highest BCUT2D eigenvalue weighted by molar-refractivity contribution is 7.57. The van der Waals surface area contributed by atoms with Gasteiger partial charge in [-0.3, -0.25) is 0 Å². The summed E-state index contributed by atoms with van der Waals surface area (Å²) in [4.78, 5) is 44.6. The van der Waals surface area contributed by atoms with Crippen LogP contribution in [0.5, 0.6) is 0 Å². The summed E-state index contributed by atoms with van der Waals surface area (Å²) in [6.07, 6.45) is 0.242. The maximum Gasteiger partial charge on any atom is 0.419 e. The van der Waals surface area contributed by atoms with Crippen molar-refractivity contribution in [2.75, 3.05) is 32.0 Å². The number of nitrogens with zero attached hydrogens (tertiary/aromatic N) is 2. The number of hydrogen-bond acceptors (Lipinski definition) is 7. The summed E-state index contributed by atoms with van der Waals surface area (Å²) in [5.41, 5.74) is 2.08. The number of benzene rings is 3. The molecule has 10 nitrogen and oxygen atoms in total. The Labute approximate surface area is 303 Å². The maximum absolute atomic E-state index is 14.3. The van der Waals surface area contributed by atoms with Crippen molar-refractivity contribution in [3.8, 4) is 22.3 Å². The van der Waals surface area contributed by atoms with Crippen LogP contribution in [0, 0.1) is 5.21 Å². The Balaban J connectivity index is 1.55. The van der Waals surface area contributed by atoms with E-state index in [-0.39, 0.29) is 45.1 Å². The molecule has 0 aliphatic carbocycles. The molecule has 3 aromatic carbocycles. The highest BCUT2D eigenvalue weighted by Gasteiger charge is 2.58. The number of carboxylic acid groups (broad SMARTS) is 1. The van der Waals surface area contributed by atoms with Crippen LogP contribution in [-0.2, 0) is 25.3 Å². The van der Waals surface area contributed by atoms with Crippen LogP contribution in [0.1, 0.15) is 73.3 Å². The zero-order chi connectivity index (χ0) is 37.5. The zero-order valence-electron chi connectivity index (χ0n) is 31.0. The largest absolute Gasteiger partial charge is 0.597 e. The average Bonchev–Trinajstić information content (AvgIpc) is 3.05. The Bertz CT molecular complexity index is 1630. The number of quaternary nitrogens is 1. The van der Waals surface area contributed by atoms with Gasteiger partial charge in [-0.1, -0.05) is 80.7 Å². The first kappa shape index (κ1) is 40.0.